The zero-order valence-corrected chi connectivity index (χ0v) is 14.7. The maximum absolute atomic E-state index is 12.0. The van der Waals surface area contributed by atoms with Crippen molar-refractivity contribution >= 4 is 33.5 Å². The van der Waals surface area contributed by atoms with Crippen molar-refractivity contribution in [3.8, 4) is 0 Å². The summed E-state index contributed by atoms with van der Waals surface area (Å²) in [4.78, 5) is 20.4. The molecule has 0 saturated heterocycles. The Balaban J connectivity index is 2.01. The van der Waals surface area contributed by atoms with E-state index in [1.165, 1.54) is 0 Å². The highest BCUT2D eigenvalue weighted by molar-refractivity contribution is 9.10. The Morgan fingerprint density at radius 1 is 1.35 bits per heavy atom. The standard InChI is InChI=1S/C16H19BrN4O2/c1-11-10-12(4-5-13(11)17)20-16-19-8-6-14(21-16)15(22)18-7-3-9-23-2/h4-6,8,10H,3,7,9H2,1-2H3,(H,18,22)(H,19,20,21). The van der Waals surface area contributed by atoms with E-state index in [1.54, 1.807) is 19.4 Å². The number of hydrogen-bond acceptors (Lipinski definition) is 5. The number of carbonyl (C=O) groups is 1. The van der Waals surface area contributed by atoms with Crippen molar-refractivity contribution < 1.29 is 9.53 Å². The van der Waals surface area contributed by atoms with Gasteiger partial charge in [-0.25, -0.2) is 9.97 Å². The minimum Gasteiger partial charge on any atom is -0.385 e. The molecule has 0 aliphatic carbocycles. The number of aryl methyl sites for hydroxylation is 1. The van der Waals surface area contributed by atoms with E-state index in [2.05, 4.69) is 36.5 Å². The molecule has 0 saturated carbocycles. The molecule has 0 fully saturated rings. The number of nitrogens with one attached hydrogen (secondary N) is 2. The van der Waals surface area contributed by atoms with Crippen LogP contribution in [0.15, 0.2) is 34.9 Å². The smallest absolute Gasteiger partial charge is 0.270 e. The van der Waals surface area contributed by atoms with Crippen molar-refractivity contribution in [2.75, 3.05) is 25.6 Å². The highest BCUT2D eigenvalue weighted by Gasteiger charge is 2.08. The minimum atomic E-state index is -0.224. The predicted molar refractivity (Wildman–Crippen MR) is 93.0 cm³/mol. The van der Waals surface area contributed by atoms with Crippen LogP contribution in [0.1, 0.15) is 22.5 Å². The molecule has 2 N–H and O–H groups in total. The Morgan fingerprint density at radius 2 is 2.17 bits per heavy atom. The number of nitrogens with zero attached hydrogens (tertiary/aromatic N) is 2. The normalized spacial score (nSPS) is 10.4. The zero-order valence-electron chi connectivity index (χ0n) is 13.1. The maximum atomic E-state index is 12.0. The van der Waals surface area contributed by atoms with Gasteiger partial charge in [-0.05, 0) is 43.2 Å². The van der Waals surface area contributed by atoms with Crippen molar-refractivity contribution in [1.29, 1.82) is 0 Å². The van der Waals surface area contributed by atoms with Gasteiger partial charge in [0, 0.05) is 36.6 Å². The maximum Gasteiger partial charge on any atom is 0.270 e. The first-order chi connectivity index (χ1) is 11.1. The molecule has 1 amide bonds. The average Bonchev–Trinajstić information content (AvgIpc) is 2.55. The molecular formula is C16H19BrN4O2. The number of ether oxygens (including phenoxy) is 1. The van der Waals surface area contributed by atoms with E-state index >= 15 is 0 Å². The van der Waals surface area contributed by atoms with Crippen molar-refractivity contribution in [3.63, 3.8) is 0 Å². The van der Waals surface area contributed by atoms with Crippen LogP contribution in [0.25, 0.3) is 0 Å². The molecule has 0 aliphatic heterocycles. The van der Waals surface area contributed by atoms with Gasteiger partial charge in [0.05, 0.1) is 0 Å². The fourth-order valence-corrected chi connectivity index (χ4v) is 2.15. The topological polar surface area (TPSA) is 76.1 Å². The Kier molecular flexibility index (Phi) is 6.49. The number of benzene rings is 1. The lowest BCUT2D eigenvalue weighted by Gasteiger charge is -2.08. The average molecular weight is 379 g/mol. The summed E-state index contributed by atoms with van der Waals surface area (Å²) in [5.41, 5.74) is 2.29. The third-order valence-electron chi connectivity index (χ3n) is 3.11. The van der Waals surface area contributed by atoms with Crippen LogP contribution in [0.5, 0.6) is 0 Å². The minimum absolute atomic E-state index is 0.224. The van der Waals surface area contributed by atoms with Crippen LogP contribution in [0.2, 0.25) is 0 Å². The lowest BCUT2D eigenvalue weighted by molar-refractivity contribution is 0.0943. The molecule has 1 heterocycles. The van der Waals surface area contributed by atoms with Crippen LogP contribution in [-0.2, 0) is 4.74 Å². The van der Waals surface area contributed by atoms with E-state index in [4.69, 9.17) is 4.74 Å². The van der Waals surface area contributed by atoms with E-state index in [0.29, 0.717) is 24.8 Å². The van der Waals surface area contributed by atoms with Crippen LogP contribution in [0.3, 0.4) is 0 Å². The highest BCUT2D eigenvalue weighted by Crippen LogP contribution is 2.21. The Bertz CT molecular complexity index is 679. The van der Waals surface area contributed by atoms with Crippen LogP contribution in [-0.4, -0.2) is 36.1 Å². The second kappa shape index (κ2) is 8.59. The molecule has 0 atom stereocenters. The van der Waals surface area contributed by atoms with Crippen molar-refractivity contribution in [1.82, 2.24) is 15.3 Å². The molecule has 2 rings (SSSR count). The molecular weight excluding hydrogens is 360 g/mol. The summed E-state index contributed by atoms with van der Waals surface area (Å²) >= 11 is 3.46. The molecule has 122 valence electrons. The van der Waals surface area contributed by atoms with Gasteiger partial charge in [-0.1, -0.05) is 15.9 Å². The molecule has 1 aromatic heterocycles. The van der Waals surface area contributed by atoms with Crippen molar-refractivity contribution in [2.24, 2.45) is 0 Å². The Hall–Kier alpha value is -1.99. The van der Waals surface area contributed by atoms with Crippen molar-refractivity contribution in [3.05, 3.63) is 46.2 Å². The predicted octanol–water partition coefficient (Wildman–Crippen LogP) is 3.06. The summed E-state index contributed by atoms with van der Waals surface area (Å²) in [5.74, 6) is 0.162. The Morgan fingerprint density at radius 3 is 2.91 bits per heavy atom. The molecule has 2 aromatic rings. The molecule has 6 nitrogen and oxygen atoms in total. The number of hydrogen-bond donors (Lipinski definition) is 2. The van der Waals surface area contributed by atoms with Crippen LogP contribution < -0.4 is 10.6 Å². The molecule has 0 unspecified atom stereocenters. The largest absolute Gasteiger partial charge is 0.385 e. The second-order valence-electron chi connectivity index (χ2n) is 4.96. The first kappa shape index (κ1) is 17.4. The van der Waals surface area contributed by atoms with Gasteiger partial charge in [0.25, 0.3) is 5.91 Å². The van der Waals surface area contributed by atoms with Gasteiger partial charge in [-0.2, -0.15) is 0 Å². The molecule has 7 heteroatoms. The van der Waals surface area contributed by atoms with E-state index in [0.717, 1.165) is 22.1 Å². The van der Waals surface area contributed by atoms with Crippen LogP contribution in [0, 0.1) is 6.92 Å². The van der Waals surface area contributed by atoms with E-state index < -0.39 is 0 Å². The summed E-state index contributed by atoms with van der Waals surface area (Å²) in [6.07, 6.45) is 2.32. The summed E-state index contributed by atoms with van der Waals surface area (Å²) < 4.78 is 5.98. The summed E-state index contributed by atoms with van der Waals surface area (Å²) in [6, 6.07) is 7.43. The third-order valence-corrected chi connectivity index (χ3v) is 4.00. The molecule has 0 bridgehead atoms. The lowest BCUT2D eigenvalue weighted by Crippen LogP contribution is -2.26. The van der Waals surface area contributed by atoms with Gasteiger partial charge < -0.3 is 15.4 Å². The zero-order chi connectivity index (χ0) is 16.7. The number of anilines is 2. The SMILES string of the molecule is COCCCNC(=O)c1ccnc(Nc2ccc(Br)c(C)c2)n1. The highest BCUT2D eigenvalue weighted by atomic mass is 79.9. The van der Waals surface area contributed by atoms with Gasteiger partial charge in [-0.3, -0.25) is 4.79 Å². The van der Waals surface area contributed by atoms with E-state index in [-0.39, 0.29) is 5.91 Å². The summed E-state index contributed by atoms with van der Waals surface area (Å²) in [6.45, 7) is 3.16. The van der Waals surface area contributed by atoms with Crippen molar-refractivity contribution in [2.45, 2.75) is 13.3 Å². The first-order valence-corrected chi connectivity index (χ1v) is 8.03. The van der Waals surface area contributed by atoms with E-state index in [1.807, 2.05) is 25.1 Å². The number of aromatic nitrogens is 2. The first-order valence-electron chi connectivity index (χ1n) is 7.23. The molecule has 1 aromatic carbocycles. The van der Waals surface area contributed by atoms with Crippen LogP contribution in [0.4, 0.5) is 11.6 Å². The fourth-order valence-electron chi connectivity index (χ4n) is 1.91. The van der Waals surface area contributed by atoms with Gasteiger partial charge in [0.2, 0.25) is 5.95 Å². The molecule has 0 spiro atoms. The summed E-state index contributed by atoms with van der Waals surface area (Å²) in [5, 5.41) is 5.90. The quantitative estimate of drug-likeness (QED) is 0.724. The fraction of sp³-hybridized carbons (Fsp3) is 0.312. The van der Waals surface area contributed by atoms with Gasteiger partial charge in [0.15, 0.2) is 0 Å². The van der Waals surface area contributed by atoms with Gasteiger partial charge in [0.1, 0.15) is 5.69 Å². The Labute approximate surface area is 143 Å². The number of amides is 1. The number of rotatable bonds is 7. The molecule has 0 radical (unpaired) electrons. The monoisotopic (exact) mass is 378 g/mol. The number of carbonyl (C=O) groups excluding carboxylic acids is 1. The molecule has 0 aliphatic rings. The van der Waals surface area contributed by atoms with Gasteiger partial charge in [-0.15, -0.1) is 0 Å². The third kappa shape index (κ3) is 5.30. The second-order valence-corrected chi connectivity index (χ2v) is 5.81. The lowest BCUT2D eigenvalue weighted by atomic mass is 10.2. The molecule has 23 heavy (non-hydrogen) atoms. The van der Waals surface area contributed by atoms with Crippen LogP contribution >= 0.6 is 15.9 Å². The number of halogens is 1. The number of methoxy groups -OCH3 is 1. The summed E-state index contributed by atoms with van der Waals surface area (Å²) in [7, 11) is 1.63. The van der Waals surface area contributed by atoms with Gasteiger partial charge >= 0.3 is 0 Å². The van der Waals surface area contributed by atoms with E-state index in [9.17, 15) is 4.79 Å².